The summed E-state index contributed by atoms with van der Waals surface area (Å²) in [5.74, 6) is -2.32. The predicted molar refractivity (Wildman–Crippen MR) is 76.4 cm³/mol. The van der Waals surface area contributed by atoms with E-state index in [1.54, 1.807) is 36.4 Å². The van der Waals surface area contributed by atoms with Gasteiger partial charge in [0.15, 0.2) is 5.58 Å². The van der Waals surface area contributed by atoms with Crippen LogP contribution in [0.4, 0.5) is 0 Å². The Balaban J connectivity index is 1.65. The van der Waals surface area contributed by atoms with E-state index in [0.717, 1.165) is 0 Å². The number of fused-ring (bicyclic) bond motifs is 2. The minimum Gasteiger partial charge on any atom is -0.355 e. The van der Waals surface area contributed by atoms with E-state index in [0.29, 0.717) is 16.0 Å². The average molecular weight is 308 g/mol. The molecule has 3 aromatic rings. The zero-order valence-electron chi connectivity index (χ0n) is 11.6. The second-order valence-electron chi connectivity index (χ2n) is 4.86. The fourth-order valence-corrected chi connectivity index (χ4v) is 2.41. The first kappa shape index (κ1) is 13.2. The van der Waals surface area contributed by atoms with E-state index in [2.05, 4.69) is 5.16 Å². The molecule has 2 amide bonds. The van der Waals surface area contributed by atoms with E-state index in [9.17, 15) is 14.4 Å². The number of rotatable bonds is 2. The molecule has 0 spiro atoms. The third-order valence-electron chi connectivity index (χ3n) is 3.50. The van der Waals surface area contributed by atoms with Crippen molar-refractivity contribution in [3.63, 3.8) is 0 Å². The zero-order valence-corrected chi connectivity index (χ0v) is 11.6. The summed E-state index contributed by atoms with van der Waals surface area (Å²) in [5, 5.41) is 4.52. The summed E-state index contributed by atoms with van der Waals surface area (Å²) in [6.07, 6.45) is 0. The number of carbonyl (C=O) groups excluding carboxylic acids is 3. The highest BCUT2D eigenvalue weighted by molar-refractivity contribution is 6.21. The largest absolute Gasteiger partial charge is 0.386 e. The number of para-hydroxylation sites is 1. The number of hydroxylamine groups is 2. The van der Waals surface area contributed by atoms with Crippen molar-refractivity contribution in [2.45, 2.75) is 0 Å². The summed E-state index contributed by atoms with van der Waals surface area (Å²) in [7, 11) is 0. The van der Waals surface area contributed by atoms with E-state index < -0.39 is 17.8 Å². The molecule has 0 aliphatic carbocycles. The molecule has 0 unspecified atom stereocenters. The monoisotopic (exact) mass is 308 g/mol. The minimum atomic E-state index is -0.940. The minimum absolute atomic E-state index is 0.0999. The van der Waals surface area contributed by atoms with Gasteiger partial charge in [0.25, 0.3) is 11.8 Å². The van der Waals surface area contributed by atoms with Gasteiger partial charge in [0.05, 0.1) is 16.5 Å². The third-order valence-corrected chi connectivity index (χ3v) is 3.50. The highest BCUT2D eigenvalue weighted by Crippen LogP contribution is 2.24. The van der Waals surface area contributed by atoms with Gasteiger partial charge < -0.3 is 9.36 Å². The SMILES string of the molecule is O=C(ON1C(=O)c2ccccc2C1=O)c1noc2ccccc12. The van der Waals surface area contributed by atoms with Gasteiger partial charge in [0, 0.05) is 0 Å². The van der Waals surface area contributed by atoms with E-state index in [4.69, 9.17) is 9.36 Å². The van der Waals surface area contributed by atoms with Crippen LogP contribution in [-0.2, 0) is 4.84 Å². The maximum atomic E-state index is 12.2. The molecule has 23 heavy (non-hydrogen) atoms. The molecule has 7 heteroatoms. The van der Waals surface area contributed by atoms with Gasteiger partial charge in [-0.15, -0.1) is 0 Å². The molecule has 2 aromatic carbocycles. The van der Waals surface area contributed by atoms with Gasteiger partial charge in [-0.1, -0.05) is 34.5 Å². The Morgan fingerprint density at radius 1 is 0.957 bits per heavy atom. The molecule has 112 valence electrons. The Kier molecular flexibility index (Phi) is 2.74. The summed E-state index contributed by atoms with van der Waals surface area (Å²) in [5.41, 5.74) is 0.685. The van der Waals surface area contributed by atoms with Crippen molar-refractivity contribution in [3.8, 4) is 0 Å². The molecule has 2 heterocycles. The summed E-state index contributed by atoms with van der Waals surface area (Å²) in [4.78, 5) is 41.5. The standard InChI is InChI=1S/C16H8N2O5/c19-14-9-5-1-2-6-10(9)15(20)18(14)23-16(21)13-11-7-3-4-8-12(11)22-17-13/h1-8H. The Hall–Kier alpha value is -3.48. The van der Waals surface area contributed by atoms with Crippen molar-refractivity contribution in [3.05, 3.63) is 65.4 Å². The van der Waals surface area contributed by atoms with Crippen molar-refractivity contribution >= 4 is 28.8 Å². The third kappa shape index (κ3) is 1.90. The van der Waals surface area contributed by atoms with Crippen LogP contribution in [0.1, 0.15) is 31.2 Å². The number of benzene rings is 2. The van der Waals surface area contributed by atoms with Crippen molar-refractivity contribution in [2.75, 3.05) is 0 Å². The van der Waals surface area contributed by atoms with Crippen molar-refractivity contribution in [1.82, 2.24) is 10.2 Å². The van der Waals surface area contributed by atoms with Gasteiger partial charge in [0.1, 0.15) is 0 Å². The lowest BCUT2D eigenvalue weighted by molar-refractivity contribution is -0.0589. The average Bonchev–Trinajstić information content (AvgIpc) is 3.11. The number of hydrogen-bond acceptors (Lipinski definition) is 6. The molecule has 1 aromatic heterocycles. The highest BCUT2D eigenvalue weighted by atomic mass is 16.7. The van der Waals surface area contributed by atoms with Gasteiger partial charge in [-0.05, 0) is 24.3 Å². The van der Waals surface area contributed by atoms with Crippen molar-refractivity contribution < 1.29 is 23.7 Å². The molecular weight excluding hydrogens is 300 g/mol. The van der Waals surface area contributed by atoms with Crippen LogP contribution in [-0.4, -0.2) is 28.0 Å². The number of carbonyl (C=O) groups is 3. The Bertz CT molecular complexity index is 940. The predicted octanol–water partition coefficient (Wildman–Crippen LogP) is 2.20. The van der Waals surface area contributed by atoms with E-state index in [1.165, 1.54) is 12.1 Å². The topological polar surface area (TPSA) is 89.7 Å². The van der Waals surface area contributed by atoms with Crippen LogP contribution in [0.15, 0.2) is 53.1 Å². The molecule has 7 nitrogen and oxygen atoms in total. The molecule has 1 aliphatic rings. The molecule has 0 fully saturated rings. The summed E-state index contributed by atoms with van der Waals surface area (Å²) in [6.45, 7) is 0. The maximum absolute atomic E-state index is 12.2. The Labute approximate surface area is 129 Å². The van der Waals surface area contributed by atoms with E-state index >= 15 is 0 Å². The lowest BCUT2D eigenvalue weighted by atomic mass is 10.1. The second kappa shape index (κ2) is 4.77. The van der Waals surface area contributed by atoms with Crippen LogP contribution in [0.25, 0.3) is 11.0 Å². The van der Waals surface area contributed by atoms with Gasteiger partial charge in [-0.2, -0.15) is 0 Å². The van der Waals surface area contributed by atoms with Crippen LogP contribution in [0, 0.1) is 0 Å². The van der Waals surface area contributed by atoms with E-state index in [-0.39, 0.29) is 16.8 Å². The molecule has 0 saturated carbocycles. The van der Waals surface area contributed by atoms with E-state index in [1.807, 2.05) is 0 Å². The molecule has 1 aliphatic heterocycles. The Morgan fingerprint density at radius 2 is 1.57 bits per heavy atom. The van der Waals surface area contributed by atoms with Gasteiger partial charge in [-0.3, -0.25) is 9.59 Å². The van der Waals surface area contributed by atoms with Crippen molar-refractivity contribution in [1.29, 1.82) is 0 Å². The molecule has 0 saturated heterocycles. The lowest BCUT2D eigenvalue weighted by Gasteiger charge is -2.11. The summed E-state index contributed by atoms with van der Waals surface area (Å²) in [6, 6.07) is 12.9. The second-order valence-corrected chi connectivity index (χ2v) is 4.86. The fraction of sp³-hybridized carbons (Fsp3) is 0. The first-order valence-electron chi connectivity index (χ1n) is 6.71. The van der Waals surface area contributed by atoms with Crippen LogP contribution in [0.3, 0.4) is 0 Å². The van der Waals surface area contributed by atoms with Crippen molar-refractivity contribution in [2.24, 2.45) is 0 Å². The molecule has 0 N–H and O–H groups in total. The highest BCUT2D eigenvalue weighted by Gasteiger charge is 2.39. The van der Waals surface area contributed by atoms with Crippen LogP contribution >= 0.6 is 0 Å². The fourth-order valence-electron chi connectivity index (χ4n) is 2.41. The number of imide groups is 1. The number of aromatic nitrogens is 1. The molecular formula is C16H8N2O5. The van der Waals surface area contributed by atoms with Crippen LogP contribution in [0.2, 0.25) is 0 Å². The molecule has 0 bridgehead atoms. The quantitative estimate of drug-likeness (QED) is 0.674. The van der Waals surface area contributed by atoms with Crippen LogP contribution in [0.5, 0.6) is 0 Å². The van der Waals surface area contributed by atoms with Gasteiger partial charge in [-0.25, -0.2) is 4.79 Å². The summed E-state index contributed by atoms with van der Waals surface area (Å²) < 4.78 is 5.01. The molecule has 4 rings (SSSR count). The number of nitrogens with zero attached hydrogens (tertiary/aromatic N) is 2. The first-order chi connectivity index (χ1) is 11.2. The number of amides is 2. The molecule has 0 atom stereocenters. The maximum Gasteiger partial charge on any atom is 0.386 e. The summed E-state index contributed by atoms with van der Waals surface area (Å²) >= 11 is 0. The first-order valence-corrected chi connectivity index (χ1v) is 6.71. The van der Waals surface area contributed by atoms with Gasteiger partial charge >= 0.3 is 5.97 Å². The number of hydrogen-bond donors (Lipinski definition) is 0. The van der Waals surface area contributed by atoms with Gasteiger partial charge in [0.2, 0.25) is 5.69 Å². The van der Waals surface area contributed by atoms with Crippen LogP contribution < -0.4 is 0 Å². The lowest BCUT2D eigenvalue weighted by Crippen LogP contribution is -2.32. The normalized spacial score (nSPS) is 13.5. The molecule has 0 radical (unpaired) electrons. The Morgan fingerprint density at radius 3 is 2.26 bits per heavy atom. The zero-order chi connectivity index (χ0) is 16.0. The smallest absolute Gasteiger partial charge is 0.355 e.